The highest BCUT2D eigenvalue weighted by atomic mass is 16.7. The summed E-state index contributed by atoms with van der Waals surface area (Å²) < 4.78 is 15.5. The SMILES string of the molecule is O=C1C=C(O)CC(/C=C/c2ccc3c(c2)OCO3)O1. The average Bonchev–Trinajstić information content (AvgIpc) is 2.82. The van der Waals surface area contributed by atoms with Gasteiger partial charge in [0.2, 0.25) is 6.79 Å². The van der Waals surface area contributed by atoms with Crippen molar-refractivity contribution >= 4 is 12.0 Å². The Labute approximate surface area is 109 Å². The Kier molecular flexibility index (Phi) is 2.87. The van der Waals surface area contributed by atoms with Gasteiger partial charge in [0.05, 0.1) is 6.08 Å². The zero-order valence-electron chi connectivity index (χ0n) is 10.0. The highest BCUT2D eigenvalue weighted by Gasteiger charge is 2.18. The summed E-state index contributed by atoms with van der Waals surface area (Å²) in [7, 11) is 0. The third-order valence-electron chi connectivity index (χ3n) is 2.86. The van der Waals surface area contributed by atoms with Gasteiger partial charge in [-0.3, -0.25) is 0 Å². The fraction of sp³-hybridized carbons (Fsp3) is 0.214. The average molecular weight is 260 g/mol. The van der Waals surface area contributed by atoms with Gasteiger partial charge in [-0.15, -0.1) is 0 Å². The van der Waals surface area contributed by atoms with Gasteiger partial charge in [-0.2, -0.15) is 0 Å². The predicted molar refractivity (Wildman–Crippen MR) is 66.8 cm³/mol. The van der Waals surface area contributed by atoms with Crippen molar-refractivity contribution in [1.29, 1.82) is 0 Å². The molecule has 1 aromatic rings. The first-order valence-corrected chi connectivity index (χ1v) is 5.89. The summed E-state index contributed by atoms with van der Waals surface area (Å²) in [5.74, 6) is 0.938. The second-order valence-corrected chi connectivity index (χ2v) is 4.29. The highest BCUT2D eigenvalue weighted by molar-refractivity contribution is 5.83. The minimum Gasteiger partial charge on any atom is -0.512 e. The van der Waals surface area contributed by atoms with Gasteiger partial charge >= 0.3 is 5.97 Å². The number of hydrogen-bond acceptors (Lipinski definition) is 5. The number of hydrogen-bond donors (Lipinski definition) is 1. The van der Waals surface area contributed by atoms with Crippen LogP contribution >= 0.6 is 0 Å². The molecule has 1 atom stereocenters. The van der Waals surface area contributed by atoms with Crippen molar-refractivity contribution in [3.8, 4) is 11.5 Å². The molecule has 2 heterocycles. The standard InChI is InChI=1S/C14H12O5/c15-10-6-11(19-14(16)7-10)3-1-9-2-4-12-13(5-9)18-8-17-12/h1-5,7,11,15H,6,8H2/b3-1+. The van der Waals surface area contributed by atoms with Crippen LogP contribution in [0.2, 0.25) is 0 Å². The molecule has 1 unspecified atom stereocenters. The quantitative estimate of drug-likeness (QED) is 0.826. The summed E-state index contributed by atoms with van der Waals surface area (Å²) in [6.07, 6.45) is 4.50. The highest BCUT2D eigenvalue weighted by Crippen LogP contribution is 2.32. The third-order valence-corrected chi connectivity index (χ3v) is 2.86. The topological polar surface area (TPSA) is 65.0 Å². The first kappa shape index (κ1) is 11.6. The Hall–Kier alpha value is -2.43. The van der Waals surface area contributed by atoms with Crippen molar-refractivity contribution in [3.05, 3.63) is 41.7 Å². The monoisotopic (exact) mass is 260 g/mol. The zero-order chi connectivity index (χ0) is 13.2. The number of benzene rings is 1. The van der Waals surface area contributed by atoms with Crippen LogP contribution in [0.15, 0.2) is 36.1 Å². The van der Waals surface area contributed by atoms with E-state index in [0.29, 0.717) is 12.2 Å². The molecule has 1 N–H and O–H groups in total. The van der Waals surface area contributed by atoms with Crippen molar-refractivity contribution in [1.82, 2.24) is 0 Å². The summed E-state index contributed by atoms with van der Waals surface area (Å²) >= 11 is 0. The largest absolute Gasteiger partial charge is 0.512 e. The van der Waals surface area contributed by atoms with E-state index in [1.165, 1.54) is 0 Å². The van der Waals surface area contributed by atoms with Crippen LogP contribution < -0.4 is 9.47 Å². The molecule has 5 heteroatoms. The normalized spacial score (nSPS) is 21.4. The molecule has 19 heavy (non-hydrogen) atoms. The first-order valence-electron chi connectivity index (χ1n) is 5.89. The maximum atomic E-state index is 11.1. The van der Waals surface area contributed by atoms with Crippen molar-refractivity contribution in [2.75, 3.05) is 6.79 Å². The number of ether oxygens (including phenoxy) is 3. The molecule has 2 aliphatic heterocycles. The summed E-state index contributed by atoms with van der Waals surface area (Å²) in [6, 6.07) is 5.55. The Bertz CT molecular complexity index is 573. The molecule has 2 aliphatic rings. The molecule has 0 aliphatic carbocycles. The van der Waals surface area contributed by atoms with E-state index in [0.717, 1.165) is 17.4 Å². The van der Waals surface area contributed by atoms with Crippen LogP contribution in [0.5, 0.6) is 11.5 Å². The molecule has 3 rings (SSSR count). The lowest BCUT2D eigenvalue weighted by molar-refractivity contribution is -0.142. The van der Waals surface area contributed by atoms with Gasteiger partial charge in [0, 0.05) is 6.42 Å². The molecule has 1 aromatic carbocycles. The van der Waals surface area contributed by atoms with E-state index < -0.39 is 12.1 Å². The number of carbonyl (C=O) groups is 1. The Morgan fingerprint density at radius 2 is 2.11 bits per heavy atom. The van der Waals surface area contributed by atoms with Crippen molar-refractivity contribution < 1.29 is 24.1 Å². The summed E-state index contributed by atoms with van der Waals surface area (Å²) in [5.41, 5.74) is 0.911. The number of aliphatic hydroxyl groups excluding tert-OH is 1. The molecule has 0 aromatic heterocycles. The molecule has 0 radical (unpaired) electrons. The molecule has 0 amide bonds. The lowest BCUT2D eigenvalue weighted by Gasteiger charge is -2.17. The Balaban J connectivity index is 1.73. The summed E-state index contributed by atoms with van der Waals surface area (Å²) in [4.78, 5) is 11.1. The fourth-order valence-electron chi connectivity index (χ4n) is 1.97. The van der Waals surface area contributed by atoms with E-state index in [9.17, 15) is 9.90 Å². The molecule has 0 spiro atoms. The zero-order valence-corrected chi connectivity index (χ0v) is 10.0. The number of fused-ring (bicyclic) bond motifs is 1. The lowest BCUT2D eigenvalue weighted by atomic mass is 10.1. The van der Waals surface area contributed by atoms with E-state index in [1.807, 2.05) is 24.3 Å². The van der Waals surface area contributed by atoms with Crippen LogP contribution in [-0.2, 0) is 9.53 Å². The second-order valence-electron chi connectivity index (χ2n) is 4.29. The maximum absolute atomic E-state index is 11.1. The van der Waals surface area contributed by atoms with Crippen LogP contribution in [0.3, 0.4) is 0 Å². The van der Waals surface area contributed by atoms with Gasteiger partial charge in [-0.25, -0.2) is 4.79 Å². The number of esters is 1. The molecule has 0 saturated carbocycles. The van der Waals surface area contributed by atoms with Gasteiger partial charge in [-0.05, 0) is 23.8 Å². The van der Waals surface area contributed by atoms with Gasteiger partial charge in [0.15, 0.2) is 11.5 Å². The number of carbonyl (C=O) groups excluding carboxylic acids is 1. The van der Waals surface area contributed by atoms with Gasteiger partial charge in [-0.1, -0.05) is 12.1 Å². The van der Waals surface area contributed by atoms with Crippen LogP contribution in [0.1, 0.15) is 12.0 Å². The molecule has 0 saturated heterocycles. The van der Waals surface area contributed by atoms with E-state index in [2.05, 4.69) is 0 Å². The smallest absolute Gasteiger partial charge is 0.334 e. The number of cyclic esters (lactones) is 1. The minimum atomic E-state index is -0.524. The molecular weight excluding hydrogens is 248 g/mol. The van der Waals surface area contributed by atoms with Gasteiger partial charge in [0.25, 0.3) is 0 Å². The Morgan fingerprint density at radius 1 is 1.26 bits per heavy atom. The van der Waals surface area contributed by atoms with Crippen LogP contribution in [0, 0.1) is 0 Å². The summed E-state index contributed by atoms with van der Waals surface area (Å²) in [5, 5.41) is 9.36. The van der Waals surface area contributed by atoms with Gasteiger partial charge in [0.1, 0.15) is 11.9 Å². The van der Waals surface area contributed by atoms with Crippen LogP contribution in [-0.4, -0.2) is 24.0 Å². The van der Waals surface area contributed by atoms with E-state index in [1.54, 1.807) is 6.08 Å². The molecular formula is C14H12O5. The van der Waals surface area contributed by atoms with Gasteiger partial charge < -0.3 is 19.3 Å². The van der Waals surface area contributed by atoms with E-state index >= 15 is 0 Å². The second kappa shape index (κ2) is 4.68. The summed E-state index contributed by atoms with van der Waals surface area (Å²) in [6.45, 7) is 0.238. The molecule has 98 valence electrons. The molecule has 5 nitrogen and oxygen atoms in total. The van der Waals surface area contributed by atoms with Crippen LogP contribution in [0.25, 0.3) is 6.08 Å². The predicted octanol–water partition coefficient (Wildman–Crippen LogP) is 2.19. The third kappa shape index (κ3) is 2.54. The van der Waals surface area contributed by atoms with Crippen molar-refractivity contribution in [3.63, 3.8) is 0 Å². The molecule has 0 fully saturated rings. The lowest BCUT2D eigenvalue weighted by Crippen LogP contribution is -2.20. The van der Waals surface area contributed by atoms with Crippen LogP contribution in [0.4, 0.5) is 0 Å². The van der Waals surface area contributed by atoms with E-state index in [-0.39, 0.29) is 12.6 Å². The van der Waals surface area contributed by atoms with E-state index in [4.69, 9.17) is 14.2 Å². The minimum absolute atomic E-state index is 0.0385. The van der Waals surface area contributed by atoms with Crippen molar-refractivity contribution in [2.24, 2.45) is 0 Å². The molecule has 0 bridgehead atoms. The maximum Gasteiger partial charge on any atom is 0.334 e. The van der Waals surface area contributed by atoms with Crippen molar-refractivity contribution in [2.45, 2.75) is 12.5 Å². The fourth-order valence-corrected chi connectivity index (χ4v) is 1.97. The Morgan fingerprint density at radius 3 is 2.95 bits per heavy atom. The first-order chi connectivity index (χ1) is 9.20. The number of aliphatic hydroxyl groups is 1. The number of rotatable bonds is 2.